The molecule has 0 radical (unpaired) electrons. The third kappa shape index (κ3) is 9.24. The van der Waals surface area contributed by atoms with Crippen LogP contribution in [-0.2, 0) is 4.74 Å². The van der Waals surface area contributed by atoms with Crippen LogP contribution in [0.5, 0.6) is 0 Å². The lowest BCUT2D eigenvalue weighted by atomic mass is 9.95. The Balaban J connectivity index is 0.000000117. The number of hydrogen-bond donors (Lipinski definition) is 0. The minimum Gasteiger partial charge on any atom is -0.386 e. The summed E-state index contributed by atoms with van der Waals surface area (Å²) in [5.74, 6) is -1.47. The van der Waals surface area contributed by atoms with Crippen molar-refractivity contribution in [2.45, 2.75) is 0 Å². The highest BCUT2D eigenvalue weighted by molar-refractivity contribution is 6.22. The molecule has 7 aromatic carbocycles. The molecule has 7 heteroatoms. The number of allylic oxidation sites excluding steroid dienone is 4. The molecule has 0 atom stereocenters. The molecule has 0 bridgehead atoms. The van der Waals surface area contributed by atoms with Crippen molar-refractivity contribution in [2.24, 2.45) is 0 Å². The fourth-order valence-electron chi connectivity index (χ4n) is 5.79. The molecule has 0 saturated carbocycles. The summed E-state index contributed by atoms with van der Waals surface area (Å²) in [6.07, 6.45) is 5.24. The zero-order valence-corrected chi connectivity index (χ0v) is 29.3. The summed E-state index contributed by atoms with van der Waals surface area (Å²) >= 11 is 0. The van der Waals surface area contributed by atoms with E-state index >= 15 is 0 Å². The molecule has 0 saturated heterocycles. The number of rotatable bonds is 0. The summed E-state index contributed by atoms with van der Waals surface area (Å²) in [5, 5.41) is 5.24. The van der Waals surface area contributed by atoms with Crippen molar-refractivity contribution < 1.29 is 33.5 Å². The molecule has 0 aromatic heterocycles. The Morgan fingerprint density at radius 3 is 0.636 bits per heavy atom. The van der Waals surface area contributed by atoms with Crippen LogP contribution in [0.15, 0.2) is 194 Å². The number of cyclic esters (lactones) is 2. The standard InChI is InChI=1S/2C10H6O2.2C10H8.C8H4O3/c2*11-9-5-6-10(12)8-4-2-1-3-7(8)9;2*1-2-6-10-8-4-3-7-9(10)5-1;9-7-5-3-1-2-4-6(5)8(10)11-7/h2*1-6H;2*1-8H;1-4H. The maximum absolute atomic E-state index is 11.2. The maximum Gasteiger partial charge on any atom is 0.346 e. The van der Waals surface area contributed by atoms with Crippen LogP contribution in [0.3, 0.4) is 0 Å². The summed E-state index contributed by atoms with van der Waals surface area (Å²) in [6.45, 7) is 0. The molecule has 0 spiro atoms. The topological polar surface area (TPSA) is 112 Å². The largest absolute Gasteiger partial charge is 0.386 e. The van der Waals surface area contributed by atoms with E-state index in [0.29, 0.717) is 33.4 Å². The molecule has 266 valence electrons. The van der Waals surface area contributed by atoms with Crippen LogP contribution < -0.4 is 0 Å². The number of esters is 2. The number of carbonyl (C=O) groups excluding carboxylic acids is 6. The van der Waals surface area contributed by atoms with Gasteiger partial charge in [0.2, 0.25) is 0 Å². The molecular weight excluding hydrogens is 689 g/mol. The third-order valence-electron chi connectivity index (χ3n) is 8.56. The Morgan fingerprint density at radius 1 is 0.236 bits per heavy atom. The van der Waals surface area contributed by atoms with Crippen molar-refractivity contribution >= 4 is 56.6 Å². The molecule has 1 heterocycles. The lowest BCUT2D eigenvalue weighted by Gasteiger charge is -2.06. The van der Waals surface area contributed by atoms with Crippen molar-refractivity contribution in [3.05, 3.63) is 228 Å². The number of benzene rings is 7. The van der Waals surface area contributed by atoms with Crippen LogP contribution in [0.2, 0.25) is 0 Å². The highest BCUT2D eigenvalue weighted by Gasteiger charge is 2.28. The number of fused-ring (bicyclic) bond motifs is 5. The van der Waals surface area contributed by atoms with Crippen LogP contribution in [0.4, 0.5) is 0 Å². The Hall–Kier alpha value is -7.64. The van der Waals surface area contributed by atoms with Gasteiger partial charge in [-0.15, -0.1) is 0 Å². The Kier molecular flexibility index (Phi) is 12.0. The van der Waals surface area contributed by atoms with Gasteiger partial charge in [-0.1, -0.05) is 158 Å². The van der Waals surface area contributed by atoms with Crippen LogP contribution in [-0.4, -0.2) is 35.1 Å². The van der Waals surface area contributed by atoms with Crippen LogP contribution in [0.1, 0.15) is 62.1 Å². The average molecular weight is 721 g/mol. The highest BCUT2D eigenvalue weighted by Crippen LogP contribution is 2.19. The Labute approximate surface area is 316 Å². The molecule has 10 rings (SSSR count). The molecule has 7 nitrogen and oxygen atoms in total. The fraction of sp³-hybridized carbons (Fsp3) is 0. The first kappa shape index (κ1) is 37.1. The zero-order chi connectivity index (χ0) is 38.6. The molecule has 2 aliphatic carbocycles. The molecular formula is C48H32O7. The second kappa shape index (κ2) is 17.7. The van der Waals surface area contributed by atoms with E-state index in [9.17, 15) is 28.8 Å². The van der Waals surface area contributed by atoms with Gasteiger partial charge in [0.05, 0.1) is 11.1 Å². The number of carbonyl (C=O) groups is 6. The summed E-state index contributed by atoms with van der Waals surface area (Å²) in [7, 11) is 0. The van der Waals surface area contributed by atoms with E-state index in [-0.39, 0.29) is 23.1 Å². The lowest BCUT2D eigenvalue weighted by molar-refractivity contribution is 0.0443. The van der Waals surface area contributed by atoms with Crippen molar-refractivity contribution in [1.29, 1.82) is 0 Å². The van der Waals surface area contributed by atoms with E-state index in [4.69, 9.17) is 0 Å². The summed E-state index contributed by atoms with van der Waals surface area (Å²) in [5.41, 5.74) is 2.74. The molecule has 0 amide bonds. The molecule has 55 heavy (non-hydrogen) atoms. The zero-order valence-electron chi connectivity index (χ0n) is 29.3. The second-order valence-corrected chi connectivity index (χ2v) is 12.1. The van der Waals surface area contributed by atoms with Gasteiger partial charge in [0.15, 0.2) is 23.1 Å². The van der Waals surface area contributed by atoms with Crippen LogP contribution in [0, 0.1) is 0 Å². The molecule has 3 aliphatic rings. The quantitative estimate of drug-likeness (QED) is 0.113. The molecule has 0 fully saturated rings. The van der Waals surface area contributed by atoms with Gasteiger partial charge in [0, 0.05) is 22.3 Å². The summed E-state index contributed by atoms with van der Waals surface area (Å²) in [6, 6.07) is 53.6. The van der Waals surface area contributed by atoms with Gasteiger partial charge < -0.3 is 4.74 Å². The van der Waals surface area contributed by atoms with Crippen LogP contribution >= 0.6 is 0 Å². The Morgan fingerprint density at radius 2 is 0.418 bits per heavy atom. The first-order valence-corrected chi connectivity index (χ1v) is 17.2. The van der Waals surface area contributed by atoms with E-state index in [0.717, 1.165) is 0 Å². The molecule has 7 aromatic rings. The van der Waals surface area contributed by atoms with Gasteiger partial charge in [-0.05, 0) is 58.0 Å². The van der Waals surface area contributed by atoms with Gasteiger partial charge in [-0.3, -0.25) is 19.2 Å². The number of ketones is 4. The second-order valence-electron chi connectivity index (χ2n) is 12.1. The maximum atomic E-state index is 11.2. The average Bonchev–Trinajstić information content (AvgIpc) is 3.54. The molecule has 0 unspecified atom stereocenters. The minimum absolute atomic E-state index is 0.0924. The van der Waals surface area contributed by atoms with E-state index in [1.807, 2.05) is 0 Å². The fourth-order valence-corrected chi connectivity index (χ4v) is 5.79. The summed E-state index contributed by atoms with van der Waals surface area (Å²) in [4.78, 5) is 66.4. The first-order chi connectivity index (χ1) is 26.8. The van der Waals surface area contributed by atoms with E-state index in [1.54, 1.807) is 72.8 Å². The van der Waals surface area contributed by atoms with Crippen molar-refractivity contribution in [3.8, 4) is 0 Å². The number of hydrogen-bond acceptors (Lipinski definition) is 7. The Bertz CT molecular complexity index is 2260. The highest BCUT2D eigenvalue weighted by atomic mass is 16.6. The smallest absolute Gasteiger partial charge is 0.346 e. The molecule has 0 N–H and O–H groups in total. The van der Waals surface area contributed by atoms with E-state index < -0.39 is 11.9 Å². The first-order valence-electron chi connectivity index (χ1n) is 17.2. The SMILES string of the molecule is O=C1C=CC(=O)c2ccccc21.O=C1C=CC(=O)c2ccccc21.O=C1OC(=O)c2ccccc21.c1ccc2ccccc2c1.c1ccc2ccccc2c1. The predicted molar refractivity (Wildman–Crippen MR) is 213 cm³/mol. The van der Waals surface area contributed by atoms with Gasteiger partial charge in [0.25, 0.3) is 0 Å². The van der Waals surface area contributed by atoms with Crippen molar-refractivity contribution in [2.75, 3.05) is 0 Å². The predicted octanol–water partition coefficient (Wildman–Crippen LogP) is 9.92. The normalized spacial score (nSPS) is 12.9. The molecule has 1 aliphatic heterocycles. The van der Waals surface area contributed by atoms with E-state index in [1.165, 1.54) is 45.8 Å². The van der Waals surface area contributed by atoms with Crippen molar-refractivity contribution in [1.82, 2.24) is 0 Å². The van der Waals surface area contributed by atoms with Gasteiger partial charge in [0.1, 0.15) is 0 Å². The minimum atomic E-state index is -0.550. The monoisotopic (exact) mass is 720 g/mol. The van der Waals surface area contributed by atoms with Gasteiger partial charge in [-0.2, -0.15) is 0 Å². The van der Waals surface area contributed by atoms with Gasteiger partial charge in [-0.25, -0.2) is 9.59 Å². The van der Waals surface area contributed by atoms with E-state index in [2.05, 4.69) is 102 Å². The van der Waals surface area contributed by atoms with Crippen molar-refractivity contribution in [3.63, 3.8) is 0 Å². The third-order valence-corrected chi connectivity index (χ3v) is 8.56. The lowest BCUT2D eigenvalue weighted by Crippen LogP contribution is -2.10. The van der Waals surface area contributed by atoms with Crippen LogP contribution in [0.25, 0.3) is 21.5 Å². The van der Waals surface area contributed by atoms with Gasteiger partial charge >= 0.3 is 11.9 Å². The number of ether oxygens (including phenoxy) is 1. The summed E-state index contributed by atoms with van der Waals surface area (Å²) < 4.78 is 4.35.